The highest BCUT2D eigenvalue weighted by molar-refractivity contribution is 4.91. The van der Waals surface area contributed by atoms with Crippen LogP contribution in [0.4, 0.5) is 0 Å². The number of ether oxygens (including phenoxy) is 1. The van der Waals surface area contributed by atoms with Crippen LogP contribution >= 0.6 is 0 Å². The second-order valence-corrected chi connectivity index (χ2v) is 5.89. The molecule has 3 aliphatic rings. The molecule has 0 aromatic heterocycles. The van der Waals surface area contributed by atoms with Crippen molar-refractivity contribution in [2.24, 2.45) is 11.8 Å². The van der Waals surface area contributed by atoms with Gasteiger partial charge in [0, 0.05) is 18.5 Å². The van der Waals surface area contributed by atoms with E-state index in [1.54, 1.807) is 0 Å². The summed E-state index contributed by atoms with van der Waals surface area (Å²) < 4.78 is 5.88. The fraction of sp³-hybridized carbons (Fsp3) is 1.00. The highest BCUT2D eigenvalue weighted by Crippen LogP contribution is 2.38. The zero-order valence-corrected chi connectivity index (χ0v) is 9.74. The van der Waals surface area contributed by atoms with Gasteiger partial charge in [-0.25, -0.2) is 0 Å². The van der Waals surface area contributed by atoms with Crippen LogP contribution in [0.25, 0.3) is 0 Å². The first-order valence-electron chi connectivity index (χ1n) is 6.70. The Bertz CT molecular complexity index is 231. The van der Waals surface area contributed by atoms with E-state index in [-0.39, 0.29) is 0 Å². The minimum Gasteiger partial charge on any atom is -0.375 e. The van der Waals surface area contributed by atoms with Gasteiger partial charge < -0.3 is 10.1 Å². The molecular weight excluding hydrogens is 186 g/mol. The third-order valence-electron chi connectivity index (χ3n) is 4.60. The molecular formula is C13H23NO. The van der Waals surface area contributed by atoms with E-state index in [0.717, 1.165) is 17.9 Å². The van der Waals surface area contributed by atoms with Crippen LogP contribution in [0.15, 0.2) is 0 Å². The average molecular weight is 209 g/mol. The van der Waals surface area contributed by atoms with Gasteiger partial charge in [-0.05, 0) is 44.4 Å². The lowest BCUT2D eigenvalue weighted by Crippen LogP contribution is -2.35. The molecule has 3 rings (SSSR count). The largest absolute Gasteiger partial charge is 0.375 e. The second-order valence-electron chi connectivity index (χ2n) is 5.89. The summed E-state index contributed by atoms with van der Waals surface area (Å²) in [5, 5.41) is 3.76. The highest BCUT2D eigenvalue weighted by atomic mass is 16.5. The molecule has 86 valence electrons. The molecule has 0 aromatic carbocycles. The monoisotopic (exact) mass is 209 g/mol. The summed E-state index contributed by atoms with van der Waals surface area (Å²) in [6.45, 7) is 3.58. The van der Waals surface area contributed by atoms with E-state index in [2.05, 4.69) is 12.2 Å². The van der Waals surface area contributed by atoms with Gasteiger partial charge in [0.05, 0.1) is 12.2 Å². The zero-order valence-electron chi connectivity index (χ0n) is 9.74. The average Bonchev–Trinajstić information content (AvgIpc) is 2.90. The van der Waals surface area contributed by atoms with Crippen LogP contribution in [0.2, 0.25) is 0 Å². The normalized spacial score (nSPS) is 49.0. The maximum Gasteiger partial charge on any atom is 0.0621 e. The summed E-state index contributed by atoms with van der Waals surface area (Å²) in [4.78, 5) is 0. The smallest absolute Gasteiger partial charge is 0.0621 e. The number of hydrogen-bond donors (Lipinski definition) is 1. The minimum absolute atomic E-state index is 0.598. The number of rotatable bonds is 3. The fourth-order valence-corrected chi connectivity index (χ4v) is 3.67. The zero-order chi connectivity index (χ0) is 10.3. The Kier molecular flexibility index (Phi) is 2.73. The van der Waals surface area contributed by atoms with Crippen LogP contribution in [0, 0.1) is 11.8 Å². The van der Waals surface area contributed by atoms with Gasteiger partial charge in [0.25, 0.3) is 0 Å². The molecule has 2 aliphatic heterocycles. The van der Waals surface area contributed by atoms with E-state index in [0.29, 0.717) is 12.2 Å². The Hall–Kier alpha value is -0.0800. The summed E-state index contributed by atoms with van der Waals surface area (Å²) in [5.41, 5.74) is 0. The van der Waals surface area contributed by atoms with E-state index in [1.807, 2.05) is 0 Å². The number of nitrogens with one attached hydrogen (secondary N) is 1. The maximum absolute atomic E-state index is 5.88. The quantitative estimate of drug-likeness (QED) is 0.770. The summed E-state index contributed by atoms with van der Waals surface area (Å²) in [7, 11) is 0. The Labute approximate surface area is 92.8 Å². The Morgan fingerprint density at radius 1 is 1.13 bits per heavy atom. The molecule has 3 fully saturated rings. The Balaban J connectivity index is 1.43. The lowest BCUT2D eigenvalue weighted by Gasteiger charge is -2.21. The van der Waals surface area contributed by atoms with Crippen LogP contribution < -0.4 is 5.32 Å². The standard InChI is InChI=1S/C13H23NO/c1-9-2-3-11(6-9)14-8-10-7-12-4-5-13(10)15-12/h9-14H,2-8H2,1H3. The molecule has 0 spiro atoms. The Morgan fingerprint density at radius 2 is 2.07 bits per heavy atom. The van der Waals surface area contributed by atoms with Crippen molar-refractivity contribution < 1.29 is 4.74 Å². The number of hydrogen-bond acceptors (Lipinski definition) is 2. The maximum atomic E-state index is 5.88. The van der Waals surface area contributed by atoms with Gasteiger partial charge >= 0.3 is 0 Å². The van der Waals surface area contributed by atoms with Crippen molar-refractivity contribution >= 4 is 0 Å². The predicted molar refractivity (Wildman–Crippen MR) is 60.8 cm³/mol. The first kappa shape index (κ1) is 10.1. The first-order valence-corrected chi connectivity index (χ1v) is 6.70. The summed E-state index contributed by atoms with van der Waals surface area (Å²) in [6.07, 6.45) is 9.38. The van der Waals surface area contributed by atoms with Gasteiger partial charge in [0.2, 0.25) is 0 Å². The molecule has 2 saturated heterocycles. The van der Waals surface area contributed by atoms with Crippen molar-refractivity contribution in [3.8, 4) is 0 Å². The van der Waals surface area contributed by atoms with Gasteiger partial charge in [-0.3, -0.25) is 0 Å². The third kappa shape index (κ3) is 2.07. The van der Waals surface area contributed by atoms with Crippen LogP contribution in [0.3, 0.4) is 0 Å². The molecule has 2 bridgehead atoms. The van der Waals surface area contributed by atoms with E-state index >= 15 is 0 Å². The van der Waals surface area contributed by atoms with E-state index in [4.69, 9.17) is 4.74 Å². The number of fused-ring (bicyclic) bond motifs is 2. The lowest BCUT2D eigenvalue weighted by molar-refractivity contribution is 0.0920. The molecule has 0 radical (unpaired) electrons. The van der Waals surface area contributed by atoms with Crippen molar-refractivity contribution in [3.63, 3.8) is 0 Å². The molecule has 1 aliphatic carbocycles. The molecule has 5 atom stereocenters. The molecule has 5 unspecified atom stereocenters. The summed E-state index contributed by atoms with van der Waals surface area (Å²) in [6, 6.07) is 0.805. The van der Waals surface area contributed by atoms with Crippen LogP contribution in [-0.2, 0) is 4.74 Å². The van der Waals surface area contributed by atoms with Crippen molar-refractivity contribution in [3.05, 3.63) is 0 Å². The topological polar surface area (TPSA) is 21.3 Å². The van der Waals surface area contributed by atoms with E-state index < -0.39 is 0 Å². The van der Waals surface area contributed by atoms with E-state index in [1.165, 1.54) is 45.1 Å². The van der Waals surface area contributed by atoms with Gasteiger partial charge in [0.15, 0.2) is 0 Å². The van der Waals surface area contributed by atoms with Gasteiger partial charge in [-0.1, -0.05) is 6.92 Å². The molecule has 15 heavy (non-hydrogen) atoms. The van der Waals surface area contributed by atoms with Crippen molar-refractivity contribution in [1.82, 2.24) is 5.32 Å². The second kappa shape index (κ2) is 4.06. The SMILES string of the molecule is CC1CCC(NCC2CC3CCC2O3)C1. The molecule has 1 saturated carbocycles. The van der Waals surface area contributed by atoms with Gasteiger partial charge in [-0.15, -0.1) is 0 Å². The van der Waals surface area contributed by atoms with Crippen molar-refractivity contribution in [2.75, 3.05) is 6.54 Å². The third-order valence-corrected chi connectivity index (χ3v) is 4.60. The molecule has 2 heteroatoms. The fourth-order valence-electron chi connectivity index (χ4n) is 3.67. The molecule has 0 aromatic rings. The van der Waals surface area contributed by atoms with Gasteiger partial charge in [0.1, 0.15) is 0 Å². The molecule has 2 nitrogen and oxygen atoms in total. The van der Waals surface area contributed by atoms with Crippen molar-refractivity contribution in [1.29, 1.82) is 0 Å². The first-order chi connectivity index (χ1) is 7.31. The summed E-state index contributed by atoms with van der Waals surface area (Å²) in [5.74, 6) is 1.76. The van der Waals surface area contributed by atoms with Gasteiger partial charge in [-0.2, -0.15) is 0 Å². The minimum atomic E-state index is 0.598. The van der Waals surface area contributed by atoms with Crippen molar-refractivity contribution in [2.45, 2.75) is 63.7 Å². The van der Waals surface area contributed by atoms with Crippen LogP contribution in [0.5, 0.6) is 0 Å². The highest BCUT2D eigenvalue weighted by Gasteiger charge is 2.40. The Morgan fingerprint density at radius 3 is 2.67 bits per heavy atom. The molecule has 2 heterocycles. The predicted octanol–water partition coefficient (Wildman–Crippen LogP) is 2.33. The summed E-state index contributed by atoms with van der Waals surface area (Å²) >= 11 is 0. The molecule has 1 N–H and O–H groups in total. The van der Waals surface area contributed by atoms with E-state index in [9.17, 15) is 0 Å². The molecule has 0 amide bonds. The van der Waals surface area contributed by atoms with Crippen LogP contribution in [-0.4, -0.2) is 24.8 Å². The van der Waals surface area contributed by atoms with Crippen LogP contribution in [0.1, 0.15) is 45.4 Å². The lowest BCUT2D eigenvalue weighted by atomic mass is 9.89.